The molecule has 4 rings (SSSR count). The summed E-state index contributed by atoms with van der Waals surface area (Å²) >= 11 is 0. The molecule has 0 saturated carbocycles. The van der Waals surface area contributed by atoms with E-state index in [1.165, 1.54) is 5.57 Å². The van der Waals surface area contributed by atoms with Crippen molar-refractivity contribution in [2.45, 2.75) is 54.0 Å². The lowest BCUT2D eigenvalue weighted by Gasteiger charge is -2.25. The van der Waals surface area contributed by atoms with Crippen molar-refractivity contribution >= 4 is 29.0 Å². The lowest BCUT2D eigenvalue weighted by molar-refractivity contribution is -0.113. The molecule has 3 N–H and O–H groups in total. The van der Waals surface area contributed by atoms with Crippen LogP contribution in [0, 0.1) is 12.3 Å². The van der Waals surface area contributed by atoms with Crippen molar-refractivity contribution in [3.8, 4) is 11.3 Å². The topological polar surface area (TPSA) is 105 Å². The van der Waals surface area contributed by atoms with Gasteiger partial charge in [-0.1, -0.05) is 50.6 Å². The molecule has 40 heavy (non-hydrogen) atoms. The zero-order valence-corrected chi connectivity index (χ0v) is 24.0. The number of aromatic nitrogens is 2. The molecule has 1 aliphatic carbocycles. The minimum absolute atomic E-state index is 0.0914. The number of nitrogens with zero attached hydrogens (tertiary/aromatic N) is 2. The van der Waals surface area contributed by atoms with Crippen molar-refractivity contribution in [1.82, 2.24) is 14.9 Å². The first-order valence-electron chi connectivity index (χ1n) is 13.5. The van der Waals surface area contributed by atoms with Crippen molar-refractivity contribution in [2.24, 2.45) is 5.41 Å². The lowest BCUT2D eigenvalue weighted by Crippen LogP contribution is -2.23. The Hall–Kier alpha value is -4.46. The first-order valence-corrected chi connectivity index (χ1v) is 13.5. The van der Waals surface area contributed by atoms with Gasteiger partial charge in [0, 0.05) is 47.9 Å². The number of allylic oxidation sites excluding steroid dienone is 3. The minimum Gasteiger partial charge on any atom is -0.355 e. The van der Waals surface area contributed by atoms with Crippen LogP contribution in [-0.4, -0.2) is 28.4 Å². The molecular formula is C32H37N5O3. The lowest BCUT2D eigenvalue weighted by atomic mass is 9.80. The van der Waals surface area contributed by atoms with E-state index in [1.54, 1.807) is 42.1 Å². The molecule has 8 nitrogen and oxygen atoms in total. The van der Waals surface area contributed by atoms with E-state index in [0.717, 1.165) is 23.1 Å². The highest BCUT2D eigenvalue weighted by Gasteiger charge is 2.22. The Labute approximate surface area is 235 Å². The van der Waals surface area contributed by atoms with Crippen LogP contribution in [0.2, 0.25) is 0 Å². The van der Waals surface area contributed by atoms with E-state index < -0.39 is 0 Å². The fourth-order valence-corrected chi connectivity index (χ4v) is 4.67. The first kappa shape index (κ1) is 28.5. The zero-order valence-electron chi connectivity index (χ0n) is 24.0. The van der Waals surface area contributed by atoms with Gasteiger partial charge < -0.3 is 20.5 Å². The maximum Gasteiger partial charge on any atom is 0.293 e. The summed E-state index contributed by atoms with van der Waals surface area (Å²) < 4.78 is 1.60. The highest BCUT2D eigenvalue weighted by atomic mass is 16.2. The van der Waals surface area contributed by atoms with Crippen LogP contribution in [0.5, 0.6) is 0 Å². The predicted molar refractivity (Wildman–Crippen MR) is 161 cm³/mol. The molecule has 1 aromatic heterocycles. The third kappa shape index (κ3) is 6.22. The molecular weight excluding hydrogens is 502 g/mol. The maximum absolute atomic E-state index is 13.1. The number of benzene rings is 2. The molecule has 0 atom stereocenters. The molecule has 2 amide bonds. The summed E-state index contributed by atoms with van der Waals surface area (Å²) in [6.45, 7) is 10.9. The van der Waals surface area contributed by atoms with Gasteiger partial charge in [0.1, 0.15) is 0 Å². The molecule has 2 aromatic carbocycles. The zero-order chi connectivity index (χ0) is 29.0. The van der Waals surface area contributed by atoms with Crippen LogP contribution in [0.15, 0.2) is 76.8 Å². The number of carbonyl (C=O) groups excluding carboxylic acids is 2. The molecule has 0 radical (unpaired) electrons. The Bertz CT molecular complexity index is 1560. The maximum atomic E-state index is 13.1. The smallest absolute Gasteiger partial charge is 0.293 e. The number of carbonyl (C=O) groups is 2. The Morgan fingerprint density at radius 2 is 1.73 bits per heavy atom. The van der Waals surface area contributed by atoms with Crippen LogP contribution in [0.1, 0.15) is 56.5 Å². The van der Waals surface area contributed by atoms with Gasteiger partial charge >= 0.3 is 0 Å². The normalized spacial score (nSPS) is 13.2. The second-order valence-electron chi connectivity index (χ2n) is 10.9. The summed E-state index contributed by atoms with van der Waals surface area (Å²) in [5.74, 6) is -0.124. The van der Waals surface area contributed by atoms with Gasteiger partial charge in [-0.15, -0.1) is 0 Å². The van der Waals surface area contributed by atoms with Crippen LogP contribution in [-0.2, 0) is 11.3 Å². The number of hydrogen-bond acceptors (Lipinski definition) is 5. The van der Waals surface area contributed by atoms with Crippen LogP contribution < -0.4 is 21.5 Å². The monoisotopic (exact) mass is 539 g/mol. The molecule has 0 fully saturated rings. The molecule has 8 heteroatoms. The van der Waals surface area contributed by atoms with Crippen molar-refractivity contribution in [3.05, 3.63) is 93.4 Å². The van der Waals surface area contributed by atoms with Gasteiger partial charge in [0.05, 0.1) is 5.69 Å². The number of aryl methyl sites for hydroxylation is 1. The number of rotatable bonds is 7. The molecule has 0 spiro atoms. The SMILES string of the molecule is CCn1cc(-c2cccc(NC(=O)C3=CC=C(C(C)(C)C)CC3)c2C)nc(Nc2ccc(C(=O)NC)cc2)c1=O. The van der Waals surface area contributed by atoms with E-state index in [-0.39, 0.29) is 28.6 Å². The molecule has 208 valence electrons. The molecule has 1 aliphatic rings. The highest BCUT2D eigenvalue weighted by Crippen LogP contribution is 2.34. The van der Waals surface area contributed by atoms with Crippen molar-refractivity contribution in [3.63, 3.8) is 0 Å². The molecule has 3 aromatic rings. The standard InChI is InChI=1S/C32H37N5O3/c1-7-37-19-27(35-28(31(37)40)34-24-17-13-21(14-18-24)29(38)33-6)25-9-8-10-26(20(25)2)36-30(39)22-11-15-23(16-12-22)32(3,4)5/h8-11,13-15,17-19H,7,12,16H2,1-6H3,(H,33,38)(H,34,35)(H,36,39). The fourth-order valence-electron chi connectivity index (χ4n) is 4.67. The quantitative estimate of drug-likeness (QED) is 0.343. The average molecular weight is 540 g/mol. The Morgan fingerprint density at radius 3 is 2.33 bits per heavy atom. The summed E-state index contributed by atoms with van der Waals surface area (Å²) in [6.07, 6.45) is 7.31. The van der Waals surface area contributed by atoms with Crippen molar-refractivity contribution in [1.29, 1.82) is 0 Å². The molecule has 0 unspecified atom stereocenters. The van der Waals surface area contributed by atoms with E-state index >= 15 is 0 Å². The van der Waals surface area contributed by atoms with Crippen LogP contribution in [0.4, 0.5) is 17.2 Å². The largest absolute Gasteiger partial charge is 0.355 e. The summed E-state index contributed by atoms with van der Waals surface area (Å²) in [7, 11) is 1.58. The van der Waals surface area contributed by atoms with Crippen LogP contribution >= 0.6 is 0 Å². The number of nitrogens with one attached hydrogen (secondary N) is 3. The van der Waals surface area contributed by atoms with Crippen molar-refractivity contribution < 1.29 is 9.59 Å². The van der Waals surface area contributed by atoms with Gasteiger partial charge in [-0.3, -0.25) is 14.4 Å². The van der Waals surface area contributed by atoms with E-state index in [1.807, 2.05) is 38.1 Å². The Balaban J connectivity index is 1.62. The van der Waals surface area contributed by atoms with Crippen LogP contribution in [0.25, 0.3) is 11.3 Å². The van der Waals surface area contributed by atoms with Gasteiger partial charge in [0.15, 0.2) is 5.82 Å². The third-order valence-corrected chi connectivity index (χ3v) is 7.21. The summed E-state index contributed by atoms with van der Waals surface area (Å²) in [5.41, 5.74) is 6.06. The molecule has 1 heterocycles. The second kappa shape index (κ2) is 11.7. The number of hydrogen-bond donors (Lipinski definition) is 3. The predicted octanol–water partition coefficient (Wildman–Crippen LogP) is 5.97. The summed E-state index contributed by atoms with van der Waals surface area (Å²) in [5, 5.41) is 8.77. The van der Waals surface area contributed by atoms with E-state index in [2.05, 4.69) is 47.8 Å². The first-order chi connectivity index (χ1) is 19.0. The number of anilines is 3. The van der Waals surface area contributed by atoms with Gasteiger partial charge in [0.25, 0.3) is 17.4 Å². The van der Waals surface area contributed by atoms with E-state index in [4.69, 9.17) is 0 Å². The fraction of sp³-hybridized carbons (Fsp3) is 0.312. The highest BCUT2D eigenvalue weighted by molar-refractivity contribution is 6.05. The van der Waals surface area contributed by atoms with Gasteiger partial charge in [-0.25, -0.2) is 4.98 Å². The summed E-state index contributed by atoms with van der Waals surface area (Å²) in [6, 6.07) is 12.5. The third-order valence-electron chi connectivity index (χ3n) is 7.21. The molecule has 0 aliphatic heterocycles. The van der Waals surface area contributed by atoms with E-state index in [0.29, 0.717) is 35.6 Å². The number of amides is 2. The van der Waals surface area contributed by atoms with Crippen LogP contribution in [0.3, 0.4) is 0 Å². The summed E-state index contributed by atoms with van der Waals surface area (Å²) in [4.78, 5) is 42.7. The van der Waals surface area contributed by atoms with Gasteiger partial charge in [0.2, 0.25) is 0 Å². The molecule has 0 saturated heterocycles. The average Bonchev–Trinajstić information content (AvgIpc) is 2.95. The van der Waals surface area contributed by atoms with Gasteiger partial charge in [-0.2, -0.15) is 0 Å². The van der Waals surface area contributed by atoms with Gasteiger partial charge in [-0.05, 0) is 68.0 Å². The minimum atomic E-state index is -0.254. The Morgan fingerprint density at radius 1 is 1.00 bits per heavy atom. The Kier molecular flexibility index (Phi) is 8.38. The molecule has 0 bridgehead atoms. The van der Waals surface area contributed by atoms with Crippen molar-refractivity contribution in [2.75, 3.05) is 17.7 Å². The second-order valence-corrected chi connectivity index (χ2v) is 10.9. The van der Waals surface area contributed by atoms with E-state index in [9.17, 15) is 14.4 Å².